The Morgan fingerprint density at radius 1 is 1.29 bits per heavy atom. The van der Waals surface area contributed by atoms with Crippen molar-refractivity contribution in [2.45, 2.75) is 6.42 Å². The number of hydrogen-bond donors (Lipinski definition) is 1. The lowest BCUT2D eigenvalue weighted by Gasteiger charge is -2.08. The van der Waals surface area contributed by atoms with E-state index in [-0.39, 0.29) is 5.69 Å². The van der Waals surface area contributed by atoms with Crippen molar-refractivity contribution in [3.63, 3.8) is 0 Å². The van der Waals surface area contributed by atoms with Crippen molar-refractivity contribution in [1.82, 2.24) is 15.1 Å². The number of aromatic nitrogens is 3. The van der Waals surface area contributed by atoms with Crippen LogP contribution in [0.25, 0.3) is 10.9 Å². The Labute approximate surface area is 119 Å². The molecule has 2 heterocycles. The van der Waals surface area contributed by atoms with Gasteiger partial charge < -0.3 is 9.84 Å². The summed E-state index contributed by atoms with van der Waals surface area (Å²) in [5, 5.41) is 18.4. The number of fused-ring (bicyclic) bond motifs is 1. The lowest BCUT2D eigenvalue weighted by molar-refractivity contribution is -0.383. The third kappa shape index (κ3) is 2.64. The van der Waals surface area contributed by atoms with Gasteiger partial charge in [-0.25, -0.2) is 0 Å². The number of nitro groups is 1. The number of nitro benzene ring substituents is 1. The smallest absolute Gasteiger partial charge is 0.278 e. The SMILES string of the molecule is O=[N+]([O-])c1ccc(NCCc2ncon2)c2ncccc12. The Kier molecular flexibility index (Phi) is 3.42. The maximum absolute atomic E-state index is 11.0. The second kappa shape index (κ2) is 5.53. The number of non-ortho nitro benzene ring substituents is 1. The summed E-state index contributed by atoms with van der Waals surface area (Å²) in [5.41, 5.74) is 1.35. The zero-order chi connectivity index (χ0) is 14.7. The zero-order valence-corrected chi connectivity index (χ0v) is 10.9. The highest BCUT2D eigenvalue weighted by atomic mass is 16.6. The van der Waals surface area contributed by atoms with Crippen molar-refractivity contribution in [3.05, 3.63) is 52.8 Å². The van der Waals surface area contributed by atoms with Gasteiger partial charge in [-0.1, -0.05) is 5.16 Å². The van der Waals surface area contributed by atoms with Crippen LogP contribution in [0.1, 0.15) is 5.82 Å². The number of pyridine rings is 1. The summed E-state index contributed by atoms with van der Waals surface area (Å²) in [7, 11) is 0. The van der Waals surface area contributed by atoms with E-state index in [0.29, 0.717) is 29.7 Å². The summed E-state index contributed by atoms with van der Waals surface area (Å²) in [4.78, 5) is 18.8. The zero-order valence-electron chi connectivity index (χ0n) is 10.9. The van der Waals surface area contributed by atoms with Crippen molar-refractivity contribution >= 4 is 22.3 Å². The van der Waals surface area contributed by atoms with Crippen molar-refractivity contribution in [1.29, 1.82) is 0 Å². The van der Waals surface area contributed by atoms with Crippen LogP contribution in [-0.2, 0) is 6.42 Å². The van der Waals surface area contributed by atoms with Gasteiger partial charge in [-0.05, 0) is 18.2 Å². The van der Waals surface area contributed by atoms with Gasteiger partial charge in [-0.3, -0.25) is 15.1 Å². The molecule has 3 rings (SSSR count). The minimum Gasteiger partial charge on any atom is -0.383 e. The Balaban J connectivity index is 1.85. The van der Waals surface area contributed by atoms with E-state index in [9.17, 15) is 10.1 Å². The highest BCUT2D eigenvalue weighted by molar-refractivity contribution is 5.96. The van der Waals surface area contributed by atoms with E-state index < -0.39 is 4.92 Å². The topological polar surface area (TPSA) is 107 Å². The molecular weight excluding hydrogens is 274 g/mol. The largest absolute Gasteiger partial charge is 0.383 e. The molecule has 8 nitrogen and oxygen atoms in total. The summed E-state index contributed by atoms with van der Waals surface area (Å²) < 4.78 is 4.65. The maximum atomic E-state index is 11.0. The molecule has 0 atom stereocenters. The number of hydrogen-bond acceptors (Lipinski definition) is 7. The van der Waals surface area contributed by atoms with Gasteiger partial charge in [0.15, 0.2) is 5.82 Å². The van der Waals surface area contributed by atoms with Crippen LogP contribution in [0.5, 0.6) is 0 Å². The molecule has 8 heteroatoms. The molecule has 0 aliphatic carbocycles. The highest BCUT2D eigenvalue weighted by Crippen LogP contribution is 2.29. The van der Waals surface area contributed by atoms with E-state index in [1.165, 1.54) is 12.5 Å². The van der Waals surface area contributed by atoms with Crippen molar-refractivity contribution in [3.8, 4) is 0 Å². The molecule has 0 radical (unpaired) electrons. The molecule has 0 aliphatic rings. The first kappa shape index (κ1) is 13.0. The molecule has 1 N–H and O–H groups in total. The Bertz CT molecular complexity index is 773. The Hall–Kier alpha value is -3.03. The van der Waals surface area contributed by atoms with Crippen LogP contribution in [0, 0.1) is 10.1 Å². The van der Waals surface area contributed by atoms with Crippen LogP contribution in [0.4, 0.5) is 11.4 Å². The van der Waals surface area contributed by atoms with Crippen LogP contribution in [0.2, 0.25) is 0 Å². The lowest BCUT2D eigenvalue weighted by atomic mass is 10.1. The van der Waals surface area contributed by atoms with Crippen LogP contribution in [0.3, 0.4) is 0 Å². The van der Waals surface area contributed by atoms with Gasteiger partial charge in [0.2, 0.25) is 6.39 Å². The second-order valence-corrected chi connectivity index (χ2v) is 4.31. The highest BCUT2D eigenvalue weighted by Gasteiger charge is 2.14. The second-order valence-electron chi connectivity index (χ2n) is 4.31. The Morgan fingerprint density at radius 3 is 2.95 bits per heavy atom. The van der Waals surface area contributed by atoms with Gasteiger partial charge in [0.25, 0.3) is 5.69 Å². The van der Waals surface area contributed by atoms with E-state index in [1.807, 2.05) is 0 Å². The first-order valence-corrected chi connectivity index (χ1v) is 6.27. The summed E-state index contributed by atoms with van der Waals surface area (Å²) in [6.45, 7) is 0.572. The number of nitrogens with zero attached hydrogens (tertiary/aromatic N) is 4. The molecule has 3 aromatic rings. The standard InChI is InChI=1S/C13H11N5O3/c19-18(20)11-4-3-10(13-9(11)2-1-6-15-13)14-7-5-12-16-8-21-17-12/h1-4,6,8,14H,5,7H2. The molecule has 0 saturated carbocycles. The molecule has 0 unspecified atom stereocenters. The molecule has 106 valence electrons. The minimum absolute atomic E-state index is 0.0433. The van der Waals surface area contributed by atoms with Crippen LogP contribution in [0.15, 0.2) is 41.4 Å². The summed E-state index contributed by atoms with van der Waals surface area (Å²) in [5.74, 6) is 0.599. The average molecular weight is 285 g/mol. The fraction of sp³-hybridized carbons (Fsp3) is 0.154. The first-order valence-electron chi connectivity index (χ1n) is 6.27. The summed E-state index contributed by atoms with van der Waals surface area (Å²) >= 11 is 0. The van der Waals surface area contributed by atoms with Gasteiger partial charge in [0, 0.05) is 25.2 Å². The van der Waals surface area contributed by atoms with Crippen LogP contribution < -0.4 is 5.32 Å². The van der Waals surface area contributed by atoms with Gasteiger partial charge in [0.1, 0.15) is 5.52 Å². The van der Waals surface area contributed by atoms with E-state index in [1.54, 1.807) is 24.4 Å². The normalized spacial score (nSPS) is 10.7. The predicted molar refractivity (Wildman–Crippen MR) is 74.9 cm³/mol. The van der Waals surface area contributed by atoms with Gasteiger partial charge in [-0.15, -0.1) is 0 Å². The average Bonchev–Trinajstić information content (AvgIpc) is 3.00. The van der Waals surface area contributed by atoms with Gasteiger partial charge in [0.05, 0.1) is 16.0 Å². The molecule has 2 aromatic heterocycles. The van der Waals surface area contributed by atoms with Gasteiger partial charge in [-0.2, -0.15) is 4.98 Å². The van der Waals surface area contributed by atoms with E-state index in [4.69, 9.17) is 0 Å². The number of nitrogens with one attached hydrogen (secondary N) is 1. The fourth-order valence-corrected chi connectivity index (χ4v) is 2.07. The monoisotopic (exact) mass is 285 g/mol. The molecule has 0 spiro atoms. The van der Waals surface area contributed by atoms with Gasteiger partial charge >= 0.3 is 0 Å². The molecular formula is C13H11N5O3. The minimum atomic E-state index is -0.410. The van der Waals surface area contributed by atoms with E-state index >= 15 is 0 Å². The number of anilines is 1. The molecule has 0 bridgehead atoms. The predicted octanol–water partition coefficient (Wildman–Crippen LogP) is 2.18. The number of rotatable bonds is 5. The van der Waals surface area contributed by atoms with E-state index in [0.717, 1.165) is 5.69 Å². The molecule has 1 aromatic carbocycles. The molecule has 0 amide bonds. The maximum Gasteiger partial charge on any atom is 0.278 e. The van der Waals surface area contributed by atoms with Crippen molar-refractivity contribution < 1.29 is 9.45 Å². The summed E-state index contributed by atoms with van der Waals surface area (Å²) in [6.07, 6.45) is 3.47. The van der Waals surface area contributed by atoms with Crippen molar-refractivity contribution in [2.75, 3.05) is 11.9 Å². The third-order valence-electron chi connectivity index (χ3n) is 3.01. The molecule has 0 fully saturated rings. The van der Waals surface area contributed by atoms with Crippen LogP contribution >= 0.6 is 0 Å². The summed E-state index contributed by atoms with van der Waals surface area (Å²) in [6, 6.07) is 6.49. The Morgan fingerprint density at radius 2 is 2.19 bits per heavy atom. The fourth-order valence-electron chi connectivity index (χ4n) is 2.07. The first-order chi connectivity index (χ1) is 10.3. The third-order valence-corrected chi connectivity index (χ3v) is 3.01. The molecule has 0 saturated heterocycles. The quantitative estimate of drug-likeness (QED) is 0.565. The van der Waals surface area contributed by atoms with E-state index in [2.05, 4.69) is 25.0 Å². The molecule has 0 aliphatic heterocycles. The van der Waals surface area contributed by atoms with Crippen LogP contribution in [-0.4, -0.2) is 26.6 Å². The number of benzene rings is 1. The lowest BCUT2D eigenvalue weighted by Crippen LogP contribution is -2.07. The van der Waals surface area contributed by atoms with Crippen molar-refractivity contribution in [2.24, 2.45) is 0 Å². The molecule has 21 heavy (non-hydrogen) atoms.